The Hall–Kier alpha value is -2.66. The van der Waals surface area contributed by atoms with Crippen molar-refractivity contribution in [2.24, 2.45) is 0 Å². The average Bonchev–Trinajstić information content (AvgIpc) is 3.06. The van der Waals surface area contributed by atoms with Gasteiger partial charge in [0.25, 0.3) is 5.91 Å². The number of carbonyl (C=O) groups is 1. The first kappa shape index (κ1) is 17.7. The number of likely N-dealkylation sites (tertiary alicyclic amines) is 1. The Labute approximate surface area is 160 Å². The summed E-state index contributed by atoms with van der Waals surface area (Å²) >= 11 is 0. The zero-order chi connectivity index (χ0) is 18.8. The van der Waals surface area contributed by atoms with E-state index in [9.17, 15) is 4.79 Å². The van der Waals surface area contributed by atoms with Crippen LogP contribution >= 0.6 is 0 Å². The summed E-state index contributed by atoms with van der Waals surface area (Å²) in [5.74, 6) is 0.0282. The third kappa shape index (κ3) is 3.88. The number of nitrogens with one attached hydrogen (secondary N) is 1. The predicted octanol–water partition coefficient (Wildman–Crippen LogP) is 3.51. The number of imidazole rings is 1. The first-order valence-corrected chi connectivity index (χ1v) is 9.60. The van der Waals surface area contributed by atoms with Gasteiger partial charge in [-0.15, -0.1) is 0 Å². The fraction of sp³-hybridized carbons (Fsp3) is 0.364. The summed E-state index contributed by atoms with van der Waals surface area (Å²) in [6.07, 6.45) is 3.89. The van der Waals surface area contributed by atoms with E-state index in [4.69, 9.17) is 0 Å². The highest BCUT2D eigenvalue weighted by Gasteiger charge is 2.21. The summed E-state index contributed by atoms with van der Waals surface area (Å²) in [5, 5.41) is 3.17. The van der Waals surface area contributed by atoms with Crippen molar-refractivity contribution in [1.82, 2.24) is 19.8 Å². The molecule has 0 atom stereocenters. The van der Waals surface area contributed by atoms with Crippen molar-refractivity contribution in [3.63, 3.8) is 0 Å². The number of benzene rings is 2. The zero-order valence-corrected chi connectivity index (χ0v) is 16.0. The molecule has 1 N–H and O–H groups in total. The third-order valence-electron chi connectivity index (χ3n) is 5.55. The van der Waals surface area contributed by atoms with E-state index >= 15 is 0 Å². The topological polar surface area (TPSA) is 50.2 Å². The highest BCUT2D eigenvalue weighted by molar-refractivity contribution is 5.94. The van der Waals surface area contributed by atoms with Gasteiger partial charge in [0.2, 0.25) is 0 Å². The van der Waals surface area contributed by atoms with Crippen LogP contribution in [-0.2, 0) is 6.67 Å². The molecule has 4 rings (SSSR count). The van der Waals surface area contributed by atoms with E-state index in [0.717, 1.165) is 43.7 Å². The maximum atomic E-state index is 12.3. The lowest BCUT2D eigenvalue weighted by atomic mass is 10.0. The molecule has 27 heavy (non-hydrogen) atoms. The van der Waals surface area contributed by atoms with Crippen LogP contribution in [0.15, 0.2) is 48.8 Å². The van der Waals surface area contributed by atoms with Crippen LogP contribution in [-0.4, -0.2) is 39.5 Å². The van der Waals surface area contributed by atoms with Crippen molar-refractivity contribution in [2.45, 2.75) is 39.4 Å². The Bertz CT molecular complexity index is 940. The van der Waals surface area contributed by atoms with Crippen molar-refractivity contribution in [3.8, 4) is 0 Å². The van der Waals surface area contributed by atoms with E-state index in [2.05, 4.69) is 45.7 Å². The predicted molar refractivity (Wildman–Crippen MR) is 108 cm³/mol. The van der Waals surface area contributed by atoms with Gasteiger partial charge in [-0.05, 0) is 62.1 Å². The zero-order valence-electron chi connectivity index (χ0n) is 16.0. The Morgan fingerprint density at radius 3 is 2.56 bits per heavy atom. The van der Waals surface area contributed by atoms with Crippen LogP contribution < -0.4 is 5.32 Å². The molecule has 0 radical (unpaired) electrons. The second-order valence-corrected chi connectivity index (χ2v) is 7.51. The van der Waals surface area contributed by atoms with E-state index in [1.165, 1.54) is 16.6 Å². The molecule has 0 spiro atoms. The minimum absolute atomic E-state index is 0.0282. The van der Waals surface area contributed by atoms with Crippen LogP contribution in [0.25, 0.3) is 11.0 Å². The largest absolute Gasteiger partial charge is 0.349 e. The molecule has 1 aliphatic heterocycles. The summed E-state index contributed by atoms with van der Waals surface area (Å²) in [5.41, 5.74) is 5.56. The molecule has 1 amide bonds. The molecule has 0 unspecified atom stereocenters. The fourth-order valence-electron chi connectivity index (χ4n) is 3.72. The number of fused-ring (bicyclic) bond motifs is 1. The summed E-state index contributed by atoms with van der Waals surface area (Å²) < 4.78 is 2.23. The number of aryl methyl sites for hydroxylation is 2. The summed E-state index contributed by atoms with van der Waals surface area (Å²) in [7, 11) is 0. The Balaban J connectivity index is 1.35. The Kier molecular flexibility index (Phi) is 4.94. The lowest BCUT2D eigenvalue weighted by molar-refractivity contribution is 0.0900. The monoisotopic (exact) mass is 362 g/mol. The number of nitrogens with zero attached hydrogens (tertiary/aromatic N) is 3. The molecular formula is C22H26N4O. The molecule has 1 aromatic heterocycles. The molecule has 5 nitrogen and oxygen atoms in total. The average molecular weight is 362 g/mol. The van der Waals surface area contributed by atoms with E-state index in [1.54, 1.807) is 0 Å². The second-order valence-electron chi connectivity index (χ2n) is 7.51. The number of hydrogen-bond acceptors (Lipinski definition) is 3. The number of aromatic nitrogens is 2. The van der Waals surface area contributed by atoms with E-state index in [0.29, 0.717) is 0 Å². The van der Waals surface area contributed by atoms with Crippen molar-refractivity contribution < 1.29 is 4.79 Å². The normalized spacial score (nSPS) is 15.9. The quantitative estimate of drug-likeness (QED) is 0.773. The lowest BCUT2D eigenvalue weighted by Crippen LogP contribution is -2.44. The van der Waals surface area contributed by atoms with Gasteiger partial charge in [0.05, 0.1) is 24.0 Å². The maximum absolute atomic E-state index is 12.3. The van der Waals surface area contributed by atoms with E-state index < -0.39 is 0 Å². The summed E-state index contributed by atoms with van der Waals surface area (Å²) in [6, 6.07) is 14.1. The second kappa shape index (κ2) is 7.53. The minimum atomic E-state index is 0.0282. The van der Waals surface area contributed by atoms with E-state index in [-0.39, 0.29) is 11.9 Å². The number of hydrogen-bond donors (Lipinski definition) is 1. The van der Waals surface area contributed by atoms with Crippen LogP contribution in [0.1, 0.15) is 34.3 Å². The molecular weight excluding hydrogens is 336 g/mol. The van der Waals surface area contributed by atoms with Crippen molar-refractivity contribution >= 4 is 16.9 Å². The van der Waals surface area contributed by atoms with Gasteiger partial charge in [-0.3, -0.25) is 9.69 Å². The fourth-order valence-corrected chi connectivity index (χ4v) is 3.72. The maximum Gasteiger partial charge on any atom is 0.251 e. The van der Waals surface area contributed by atoms with Crippen LogP contribution in [0.4, 0.5) is 0 Å². The molecule has 1 saturated heterocycles. The van der Waals surface area contributed by atoms with Gasteiger partial charge in [-0.1, -0.05) is 18.2 Å². The molecule has 0 saturated carbocycles. The van der Waals surface area contributed by atoms with Gasteiger partial charge in [-0.25, -0.2) is 4.98 Å². The number of amides is 1. The summed E-state index contributed by atoms with van der Waals surface area (Å²) in [6.45, 7) is 7.07. The SMILES string of the molecule is Cc1cc2ncn(CN3CCC(NC(=O)c4ccccc4)CC3)c2cc1C. The van der Waals surface area contributed by atoms with Gasteiger partial charge in [0, 0.05) is 24.7 Å². The summed E-state index contributed by atoms with van der Waals surface area (Å²) in [4.78, 5) is 19.3. The molecule has 3 aromatic rings. The van der Waals surface area contributed by atoms with Crippen molar-refractivity contribution in [2.75, 3.05) is 13.1 Å². The standard InChI is InChI=1S/C22H26N4O/c1-16-12-20-21(13-17(16)2)26(14-23-20)15-25-10-8-19(9-11-25)24-22(27)18-6-4-3-5-7-18/h3-7,12-14,19H,8-11,15H2,1-2H3,(H,24,27). The van der Waals surface area contributed by atoms with Crippen LogP contribution in [0.5, 0.6) is 0 Å². The third-order valence-corrected chi connectivity index (χ3v) is 5.55. The molecule has 1 aliphatic rings. The number of rotatable bonds is 4. The van der Waals surface area contributed by atoms with E-state index in [1.807, 2.05) is 36.7 Å². The van der Waals surface area contributed by atoms with Crippen LogP contribution in [0.2, 0.25) is 0 Å². The Morgan fingerprint density at radius 2 is 1.81 bits per heavy atom. The molecule has 2 aromatic carbocycles. The molecule has 0 bridgehead atoms. The van der Waals surface area contributed by atoms with Crippen LogP contribution in [0, 0.1) is 13.8 Å². The van der Waals surface area contributed by atoms with Crippen LogP contribution in [0.3, 0.4) is 0 Å². The van der Waals surface area contributed by atoms with Gasteiger partial charge in [0.1, 0.15) is 0 Å². The minimum Gasteiger partial charge on any atom is -0.349 e. The smallest absolute Gasteiger partial charge is 0.251 e. The van der Waals surface area contributed by atoms with Gasteiger partial charge in [-0.2, -0.15) is 0 Å². The molecule has 140 valence electrons. The molecule has 1 fully saturated rings. The van der Waals surface area contributed by atoms with Gasteiger partial charge < -0.3 is 9.88 Å². The van der Waals surface area contributed by atoms with Crippen molar-refractivity contribution in [1.29, 1.82) is 0 Å². The number of carbonyl (C=O) groups excluding carboxylic acids is 1. The molecule has 5 heteroatoms. The number of piperidine rings is 1. The van der Waals surface area contributed by atoms with Crippen molar-refractivity contribution in [3.05, 3.63) is 65.5 Å². The highest BCUT2D eigenvalue weighted by Crippen LogP contribution is 2.20. The molecule has 0 aliphatic carbocycles. The highest BCUT2D eigenvalue weighted by atomic mass is 16.1. The Morgan fingerprint density at radius 1 is 1.11 bits per heavy atom. The van der Waals surface area contributed by atoms with Gasteiger partial charge in [0.15, 0.2) is 0 Å². The first-order chi connectivity index (χ1) is 13.1. The lowest BCUT2D eigenvalue weighted by Gasteiger charge is -2.32. The molecule has 2 heterocycles. The first-order valence-electron chi connectivity index (χ1n) is 9.60. The van der Waals surface area contributed by atoms with Gasteiger partial charge >= 0.3 is 0 Å².